The molecule has 0 bridgehead atoms. The lowest BCUT2D eigenvalue weighted by Gasteiger charge is -2.37. The SMILES string of the molecule is O=C(N[C@@H]1CCCC[C@H]1CN1CCCCC1)c1ccc2cc[nH]c2c1. The van der Waals surface area contributed by atoms with Crippen LogP contribution in [0.15, 0.2) is 30.5 Å². The number of carbonyl (C=O) groups is 1. The van der Waals surface area contributed by atoms with Gasteiger partial charge < -0.3 is 15.2 Å². The Balaban J connectivity index is 1.42. The van der Waals surface area contributed by atoms with Crippen molar-refractivity contribution in [3.8, 4) is 0 Å². The summed E-state index contributed by atoms with van der Waals surface area (Å²) >= 11 is 0. The van der Waals surface area contributed by atoms with Gasteiger partial charge in [0.2, 0.25) is 0 Å². The first-order valence-electron chi connectivity index (χ1n) is 9.90. The molecule has 1 saturated carbocycles. The molecule has 1 aliphatic carbocycles. The summed E-state index contributed by atoms with van der Waals surface area (Å²) in [5, 5.41) is 4.50. The Kier molecular flexibility index (Phi) is 5.07. The van der Waals surface area contributed by atoms with E-state index < -0.39 is 0 Å². The van der Waals surface area contributed by atoms with E-state index in [4.69, 9.17) is 0 Å². The number of amides is 1. The van der Waals surface area contributed by atoms with Crippen LogP contribution in [0.25, 0.3) is 10.9 Å². The first kappa shape index (κ1) is 16.6. The Hall–Kier alpha value is -1.81. The second-order valence-corrected chi connectivity index (χ2v) is 7.77. The first-order valence-corrected chi connectivity index (χ1v) is 9.90. The van der Waals surface area contributed by atoms with Gasteiger partial charge in [0.15, 0.2) is 0 Å². The van der Waals surface area contributed by atoms with Crippen LogP contribution in [0.4, 0.5) is 0 Å². The van der Waals surface area contributed by atoms with Gasteiger partial charge in [-0.05, 0) is 68.3 Å². The molecule has 2 fully saturated rings. The fraction of sp³-hybridized carbons (Fsp3) is 0.571. The number of fused-ring (bicyclic) bond motifs is 1. The molecule has 4 rings (SSSR count). The van der Waals surface area contributed by atoms with E-state index in [1.54, 1.807) is 0 Å². The Morgan fingerprint density at radius 3 is 2.80 bits per heavy atom. The van der Waals surface area contributed by atoms with Crippen molar-refractivity contribution in [2.75, 3.05) is 19.6 Å². The van der Waals surface area contributed by atoms with E-state index in [1.165, 1.54) is 51.6 Å². The van der Waals surface area contributed by atoms with Crippen LogP contribution in [0.1, 0.15) is 55.3 Å². The Morgan fingerprint density at radius 1 is 1.08 bits per heavy atom. The Morgan fingerprint density at radius 2 is 1.92 bits per heavy atom. The van der Waals surface area contributed by atoms with Gasteiger partial charge in [-0.1, -0.05) is 25.3 Å². The molecule has 2 aliphatic rings. The van der Waals surface area contributed by atoms with Crippen LogP contribution in [-0.2, 0) is 0 Å². The van der Waals surface area contributed by atoms with E-state index in [2.05, 4.69) is 15.2 Å². The number of piperidine rings is 1. The van der Waals surface area contributed by atoms with E-state index in [-0.39, 0.29) is 5.91 Å². The minimum absolute atomic E-state index is 0.0760. The second-order valence-electron chi connectivity index (χ2n) is 7.77. The largest absolute Gasteiger partial charge is 0.361 e. The van der Waals surface area contributed by atoms with Crippen molar-refractivity contribution in [3.05, 3.63) is 36.0 Å². The molecule has 4 heteroatoms. The normalized spacial score (nSPS) is 25.1. The lowest BCUT2D eigenvalue weighted by atomic mass is 9.83. The summed E-state index contributed by atoms with van der Waals surface area (Å²) in [6.07, 6.45) is 10.9. The summed E-state index contributed by atoms with van der Waals surface area (Å²) < 4.78 is 0. The Labute approximate surface area is 150 Å². The van der Waals surface area contributed by atoms with Crippen molar-refractivity contribution < 1.29 is 4.79 Å². The highest BCUT2D eigenvalue weighted by molar-refractivity contribution is 5.98. The summed E-state index contributed by atoms with van der Waals surface area (Å²) in [6, 6.07) is 8.28. The molecule has 4 nitrogen and oxygen atoms in total. The van der Waals surface area contributed by atoms with Crippen LogP contribution >= 0.6 is 0 Å². The molecule has 2 atom stereocenters. The molecule has 0 unspecified atom stereocenters. The van der Waals surface area contributed by atoms with Crippen molar-refractivity contribution in [2.45, 2.75) is 51.0 Å². The predicted molar refractivity (Wildman–Crippen MR) is 102 cm³/mol. The standard InChI is InChI=1S/C21H29N3O/c25-21(17-9-8-16-10-11-22-20(16)14-17)23-19-7-3-2-6-18(19)15-24-12-4-1-5-13-24/h8-11,14,18-19,22H,1-7,12-13,15H2,(H,23,25)/t18-,19+/m0/s1. The van der Waals surface area contributed by atoms with Gasteiger partial charge in [0.05, 0.1) is 0 Å². The monoisotopic (exact) mass is 339 g/mol. The molecule has 1 amide bonds. The van der Waals surface area contributed by atoms with Gasteiger partial charge in [0, 0.05) is 29.9 Å². The smallest absolute Gasteiger partial charge is 0.251 e. The number of likely N-dealkylation sites (tertiary alicyclic amines) is 1. The number of hydrogen-bond acceptors (Lipinski definition) is 2. The number of nitrogens with one attached hydrogen (secondary N) is 2. The third kappa shape index (κ3) is 3.90. The zero-order chi connectivity index (χ0) is 17.1. The summed E-state index contributed by atoms with van der Waals surface area (Å²) in [5.74, 6) is 0.678. The summed E-state index contributed by atoms with van der Waals surface area (Å²) in [4.78, 5) is 18.6. The lowest BCUT2D eigenvalue weighted by molar-refractivity contribution is 0.0877. The van der Waals surface area contributed by atoms with Gasteiger partial charge >= 0.3 is 0 Å². The number of aromatic nitrogens is 1. The highest BCUT2D eigenvalue weighted by Crippen LogP contribution is 2.27. The first-order chi connectivity index (χ1) is 12.3. The second kappa shape index (κ2) is 7.61. The third-order valence-electron chi connectivity index (χ3n) is 5.98. The number of hydrogen-bond donors (Lipinski definition) is 2. The van der Waals surface area contributed by atoms with Gasteiger partial charge in [-0.2, -0.15) is 0 Å². The van der Waals surface area contributed by atoms with Crippen molar-refractivity contribution in [1.29, 1.82) is 0 Å². The van der Waals surface area contributed by atoms with Crippen LogP contribution in [0.2, 0.25) is 0 Å². The maximum atomic E-state index is 12.8. The predicted octanol–water partition coefficient (Wildman–Crippen LogP) is 3.94. The molecule has 25 heavy (non-hydrogen) atoms. The summed E-state index contributed by atoms with van der Waals surface area (Å²) in [6.45, 7) is 3.63. The highest BCUT2D eigenvalue weighted by Gasteiger charge is 2.28. The quantitative estimate of drug-likeness (QED) is 0.886. The number of nitrogens with zero attached hydrogens (tertiary/aromatic N) is 1. The van der Waals surface area contributed by atoms with Gasteiger partial charge in [-0.15, -0.1) is 0 Å². The number of H-pyrrole nitrogens is 1. The molecule has 2 heterocycles. The molecule has 1 aromatic carbocycles. The van der Waals surface area contributed by atoms with Gasteiger partial charge in [-0.3, -0.25) is 4.79 Å². The van der Waals surface area contributed by atoms with Gasteiger partial charge in [-0.25, -0.2) is 0 Å². The molecule has 1 aromatic heterocycles. The van der Waals surface area contributed by atoms with Crippen LogP contribution in [0.5, 0.6) is 0 Å². The molecule has 2 aromatic rings. The maximum absolute atomic E-state index is 12.8. The third-order valence-corrected chi connectivity index (χ3v) is 5.98. The lowest BCUT2D eigenvalue weighted by Crippen LogP contribution is -2.47. The number of rotatable bonds is 4. The van der Waals surface area contributed by atoms with Crippen LogP contribution in [0.3, 0.4) is 0 Å². The van der Waals surface area contributed by atoms with Crippen molar-refractivity contribution in [3.63, 3.8) is 0 Å². The van der Waals surface area contributed by atoms with Crippen molar-refractivity contribution >= 4 is 16.8 Å². The van der Waals surface area contributed by atoms with E-state index in [1.807, 2.05) is 30.5 Å². The number of aromatic amines is 1. The number of carbonyl (C=O) groups excluding carboxylic acids is 1. The highest BCUT2D eigenvalue weighted by atomic mass is 16.1. The minimum Gasteiger partial charge on any atom is -0.361 e. The summed E-state index contributed by atoms with van der Waals surface area (Å²) in [5.41, 5.74) is 1.79. The molecular weight excluding hydrogens is 310 g/mol. The van der Waals surface area contributed by atoms with E-state index in [0.717, 1.165) is 29.4 Å². The van der Waals surface area contributed by atoms with Gasteiger partial charge in [0.1, 0.15) is 0 Å². The fourth-order valence-electron chi connectivity index (χ4n) is 4.53. The average Bonchev–Trinajstić information content (AvgIpc) is 3.12. The van der Waals surface area contributed by atoms with E-state index >= 15 is 0 Å². The zero-order valence-corrected chi connectivity index (χ0v) is 15.0. The van der Waals surface area contributed by atoms with Crippen molar-refractivity contribution in [1.82, 2.24) is 15.2 Å². The van der Waals surface area contributed by atoms with E-state index in [9.17, 15) is 4.79 Å². The molecule has 1 saturated heterocycles. The summed E-state index contributed by atoms with van der Waals surface area (Å²) in [7, 11) is 0. The average molecular weight is 339 g/mol. The topological polar surface area (TPSA) is 48.1 Å². The van der Waals surface area contributed by atoms with Crippen LogP contribution in [-0.4, -0.2) is 41.5 Å². The fourth-order valence-corrected chi connectivity index (χ4v) is 4.53. The molecule has 0 radical (unpaired) electrons. The van der Waals surface area contributed by atoms with Crippen LogP contribution in [0, 0.1) is 5.92 Å². The maximum Gasteiger partial charge on any atom is 0.251 e. The Bertz CT molecular complexity index is 717. The zero-order valence-electron chi connectivity index (χ0n) is 15.0. The van der Waals surface area contributed by atoms with Gasteiger partial charge in [0.25, 0.3) is 5.91 Å². The molecule has 0 spiro atoms. The van der Waals surface area contributed by atoms with Crippen molar-refractivity contribution in [2.24, 2.45) is 5.92 Å². The molecule has 134 valence electrons. The van der Waals surface area contributed by atoms with Crippen LogP contribution < -0.4 is 5.32 Å². The van der Waals surface area contributed by atoms with E-state index in [0.29, 0.717) is 12.0 Å². The molecular formula is C21H29N3O. The molecule has 1 aliphatic heterocycles. The number of benzene rings is 1. The molecule has 2 N–H and O–H groups in total. The minimum atomic E-state index is 0.0760.